The minimum Gasteiger partial charge on any atom is -0.479 e. The Morgan fingerprint density at radius 1 is 1.14 bits per heavy atom. The predicted molar refractivity (Wildman–Crippen MR) is 131 cm³/mol. The third-order valence-electron chi connectivity index (χ3n) is 6.65. The van der Waals surface area contributed by atoms with Gasteiger partial charge >= 0.3 is 6.09 Å². The molecule has 0 bridgehead atoms. The quantitative estimate of drug-likeness (QED) is 0.515. The fourth-order valence-electron chi connectivity index (χ4n) is 4.95. The Labute approximate surface area is 210 Å². The number of benzene rings is 1. The highest BCUT2D eigenvalue weighted by Gasteiger charge is 2.35. The molecule has 3 aliphatic rings. The first-order chi connectivity index (χ1) is 17.0. The van der Waals surface area contributed by atoms with E-state index in [2.05, 4.69) is 4.98 Å². The van der Waals surface area contributed by atoms with Crippen molar-refractivity contribution < 1.29 is 23.9 Å². The number of thiophene rings is 1. The predicted octanol–water partition coefficient (Wildman–Crippen LogP) is 4.41. The van der Waals surface area contributed by atoms with Gasteiger partial charge in [0.2, 0.25) is 0 Å². The molecule has 180 valence electrons. The smallest absolute Gasteiger partial charge is 0.417 e. The Bertz CT molecular complexity index is 1350. The van der Waals surface area contributed by atoms with Crippen molar-refractivity contribution in [3.8, 4) is 16.9 Å². The summed E-state index contributed by atoms with van der Waals surface area (Å²) in [6.45, 7) is 1.46. The second-order valence-electron chi connectivity index (χ2n) is 8.96. The topological polar surface area (TPSA) is 89.0 Å². The van der Waals surface area contributed by atoms with E-state index >= 15 is 0 Å². The summed E-state index contributed by atoms with van der Waals surface area (Å²) in [6.07, 6.45) is 4.22. The molecule has 0 saturated carbocycles. The third kappa shape index (κ3) is 4.02. The normalized spacial score (nSPS) is 19.7. The molecule has 0 aliphatic carbocycles. The Morgan fingerprint density at radius 2 is 1.97 bits per heavy atom. The lowest BCUT2D eigenvalue weighted by molar-refractivity contribution is -0.138. The number of imide groups is 1. The molecule has 1 unspecified atom stereocenters. The average Bonchev–Trinajstić information content (AvgIpc) is 3.56. The number of fused-ring (bicyclic) bond motifs is 2. The standard InChI is InChI=1S/C25H22ClN3O5S/c26-15-8-14-9-20(24(31)28-6-2-1-3-7-28)34-22(14)18(10-15)17-4-5-27-19-11-16(35-23(17)19)12-29-21(30)13-33-25(29)32/h4-5,8,10-11,20H,1-3,6-7,9,12-13H2. The van der Waals surface area contributed by atoms with Crippen LogP contribution in [0.4, 0.5) is 4.79 Å². The van der Waals surface area contributed by atoms with Crippen molar-refractivity contribution in [2.24, 2.45) is 0 Å². The Kier molecular flexibility index (Phi) is 5.61. The van der Waals surface area contributed by atoms with Crippen LogP contribution >= 0.6 is 22.9 Å². The number of halogens is 1. The van der Waals surface area contributed by atoms with E-state index < -0.39 is 12.2 Å². The van der Waals surface area contributed by atoms with Gasteiger partial charge in [0.1, 0.15) is 5.75 Å². The van der Waals surface area contributed by atoms with Crippen LogP contribution in [0.25, 0.3) is 21.3 Å². The Morgan fingerprint density at radius 3 is 2.74 bits per heavy atom. The van der Waals surface area contributed by atoms with Crippen LogP contribution in [0.3, 0.4) is 0 Å². The van der Waals surface area contributed by atoms with Crippen molar-refractivity contribution in [1.29, 1.82) is 0 Å². The maximum atomic E-state index is 13.1. The first-order valence-electron chi connectivity index (χ1n) is 11.6. The molecule has 35 heavy (non-hydrogen) atoms. The molecule has 1 aromatic carbocycles. The number of amides is 3. The molecule has 2 aromatic heterocycles. The number of carbonyl (C=O) groups is 3. The maximum Gasteiger partial charge on any atom is 0.417 e. The van der Waals surface area contributed by atoms with Gasteiger partial charge in [-0.25, -0.2) is 9.69 Å². The second kappa shape index (κ2) is 8.80. The van der Waals surface area contributed by atoms with Crippen molar-refractivity contribution in [3.05, 3.63) is 45.9 Å². The fraction of sp³-hybridized carbons (Fsp3) is 0.360. The Hall–Kier alpha value is -3.17. The molecule has 6 rings (SSSR count). The molecule has 0 spiro atoms. The summed E-state index contributed by atoms with van der Waals surface area (Å²) in [5.41, 5.74) is 3.34. The average molecular weight is 512 g/mol. The van der Waals surface area contributed by atoms with Gasteiger partial charge in [-0.3, -0.25) is 14.6 Å². The number of hydrogen-bond donors (Lipinski definition) is 0. The van der Waals surface area contributed by atoms with Gasteiger partial charge in [-0.15, -0.1) is 11.3 Å². The van der Waals surface area contributed by atoms with Crippen LogP contribution in [-0.4, -0.2) is 58.5 Å². The molecule has 1 atom stereocenters. The molecule has 0 radical (unpaired) electrons. The van der Waals surface area contributed by atoms with E-state index in [9.17, 15) is 14.4 Å². The number of nitrogens with zero attached hydrogens (tertiary/aromatic N) is 3. The number of piperidine rings is 1. The van der Waals surface area contributed by atoms with Crippen LogP contribution in [0.5, 0.6) is 5.75 Å². The fourth-order valence-corrected chi connectivity index (χ4v) is 6.32. The molecular formula is C25H22ClN3O5S. The van der Waals surface area contributed by atoms with Gasteiger partial charge in [-0.05, 0) is 43.5 Å². The molecule has 8 nitrogen and oxygen atoms in total. The van der Waals surface area contributed by atoms with Gasteiger partial charge in [0, 0.05) is 52.3 Å². The van der Waals surface area contributed by atoms with Gasteiger partial charge in [0.25, 0.3) is 11.8 Å². The van der Waals surface area contributed by atoms with Crippen LogP contribution in [-0.2, 0) is 27.3 Å². The summed E-state index contributed by atoms with van der Waals surface area (Å²) in [7, 11) is 0. The monoisotopic (exact) mass is 511 g/mol. The van der Waals surface area contributed by atoms with E-state index in [-0.39, 0.29) is 25.0 Å². The van der Waals surface area contributed by atoms with E-state index in [1.807, 2.05) is 29.2 Å². The van der Waals surface area contributed by atoms with Crippen molar-refractivity contribution >= 4 is 51.1 Å². The highest BCUT2D eigenvalue weighted by Crippen LogP contribution is 2.45. The van der Waals surface area contributed by atoms with Crippen LogP contribution in [0.1, 0.15) is 29.7 Å². The summed E-state index contributed by atoms with van der Waals surface area (Å²) < 4.78 is 12.0. The highest BCUT2D eigenvalue weighted by atomic mass is 35.5. The minimum atomic E-state index is -0.633. The number of likely N-dealkylation sites (tertiary alicyclic amines) is 1. The van der Waals surface area contributed by atoms with Crippen molar-refractivity contribution in [3.63, 3.8) is 0 Å². The lowest BCUT2D eigenvalue weighted by Crippen LogP contribution is -2.43. The molecule has 3 amide bonds. The van der Waals surface area contributed by atoms with Crippen molar-refractivity contribution in [1.82, 2.24) is 14.8 Å². The summed E-state index contributed by atoms with van der Waals surface area (Å²) >= 11 is 7.95. The highest BCUT2D eigenvalue weighted by molar-refractivity contribution is 7.19. The summed E-state index contributed by atoms with van der Waals surface area (Å²) in [5.74, 6) is 0.347. The van der Waals surface area contributed by atoms with Crippen LogP contribution in [0.15, 0.2) is 30.5 Å². The van der Waals surface area contributed by atoms with Crippen molar-refractivity contribution in [2.45, 2.75) is 38.3 Å². The van der Waals surface area contributed by atoms with Gasteiger partial charge in [-0.1, -0.05) is 11.6 Å². The van der Waals surface area contributed by atoms with Crippen LogP contribution < -0.4 is 4.74 Å². The zero-order chi connectivity index (χ0) is 24.1. The molecule has 5 heterocycles. The first kappa shape index (κ1) is 22.3. The SMILES string of the molecule is O=C(C1Cc2cc(Cl)cc(-c3ccnc4cc(CN5C(=O)COC5=O)sc34)c2O1)N1CCCCC1. The number of hydrogen-bond acceptors (Lipinski definition) is 7. The van der Waals surface area contributed by atoms with Gasteiger partial charge < -0.3 is 14.4 Å². The molecule has 3 aliphatic heterocycles. The molecule has 10 heteroatoms. The minimum absolute atomic E-state index is 0.0309. The second-order valence-corrected chi connectivity index (χ2v) is 10.5. The maximum absolute atomic E-state index is 13.1. The summed E-state index contributed by atoms with van der Waals surface area (Å²) in [5, 5.41) is 0.570. The van der Waals surface area contributed by atoms with E-state index in [4.69, 9.17) is 21.1 Å². The van der Waals surface area contributed by atoms with Gasteiger partial charge in [0.05, 0.1) is 16.8 Å². The van der Waals surface area contributed by atoms with Gasteiger partial charge in [0.15, 0.2) is 12.7 Å². The summed E-state index contributed by atoms with van der Waals surface area (Å²) in [6, 6.07) is 7.49. The number of rotatable bonds is 4. The van der Waals surface area contributed by atoms with E-state index in [0.29, 0.717) is 17.2 Å². The van der Waals surface area contributed by atoms with E-state index in [1.165, 1.54) is 11.3 Å². The third-order valence-corrected chi connectivity index (χ3v) is 8.01. The lowest BCUT2D eigenvalue weighted by Gasteiger charge is -2.28. The summed E-state index contributed by atoms with van der Waals surface area (Å²) in [4.78, 5) is 45.2. The number of cyclic esters (lactones) is 1. The van der Waals surface area contributed by atoms with Crippen molar-refractivity contribution in [2.75, 3.05) is 19.7 Å². The number of carbonyl (C=O) groups excluding carboxylic acids is 3. The largest absolute Gasteiger partial charge is 0.479 e. The number of aromatic nitrogens is 1. The molecular weight excluding hydrogens is 490 g/mol. The molecule has 0 N–H and O–H groups in total. The number of pyridine rings is 1. The van der Waals surface area contributed by atoms with Gasteiger partial charge in [-0.2, -0.15) is 0 Å². The zero-order valence-electron chi connectivity index (χ0n) is 18.8. The number of ether oxygens (including phenoxy) is 2. The van der Waals surface area contributed by atoms with E-state index in [0.717, 1.165) is 69.0 Å². The molecule has 2 fully saturated rings. The Balaban J connectivity index is 1.34. The lowest BCUT2D eigenvalue weighted by atomic mass is 10.0. The molecule has 3 aromatic rings. The first-order valence-corrected chi connectivity index (χ1v) is 12.8. The van der Waals surface area contributed by atoms with Crippen LogP contribution in [0, 0.1) is 0 Å². The van der Waals surface area contributed by atoms with E-state index in [1.54, 1.807) is 6.20 Å². The molecule has 2 saturated heterocycles. The zero-order valence-corrected chi connectivity index (χ0v) is 20.4. The van der Waals surface area contributed by atoms with Crippen LogP contribution in [0.2, 0.25) is 5.02 Å².